The second-order valence-electron chi connectivity index (χ2n) is 6.27. The molecule has 0 amide bonds. The van der Waals surface area contributed by atoms with Gasteiger partial charge in [-0.05, 0) is 38.3 Å². The smallest absolute Gasteiger partial charge is 0.0859 e. The molecule has 3 rings (SSSR count). The lowest BCUT2D eigenvalue weighted by Crippen LogP contribution is -2.54. The van der Waals surface area contributed by atoms with Gasteiger partial charge in [0.2, 0.25) is 0 Å². The zero-order valence-electron chi connectivity index (χ0n) is 12.5. The molecule has 1 aromatic heterocycles. The normalized spacial score (nSPS) is 28.6. The van der Waals surface area contributed by atoms with Crippen molar-refractivity contribution in [3.8, 4) is 0 Å². The Hall–Kier alpha value is -0.970. The Labute approximate surface area is 121 Å². The summed E-state index contributed by atoms with van der Waals surface area (Å²) in [4.78, 5) is 7.02. The number of aromatic nitrogens is 1. The third-order valence-electron chi connectivity index (χ3n) is 4.75. The molecular formula is C16H25N3O. The molecular weight excluding hydrogens is 250 g/mol. The van der Waals surface area contributed by atoms with Crippen LogP contribution in [0.4, 0.5) is 0 Å². The summed E-state index contributed by atoms with van der Waals surface area (Å²) in [5.74, 6) is 0.350. The number of aryl methyl sites for hydroxylation is 1. The van der Waals surface area contributed by atoms with Crippen LogP contribution in [0.15, 0.2) is 18.3 Å². The maximum atomic E-state index is 6.54. The van der Waals surface area contributed by atoms with E-state index in [2.05, 4.69) is 29.8 Å². The molecule has 1 saturated heterocycles. The fraction of sp³-hybridized carbons (Fsp3) is 0.688. The summed E-state index contributed by atoms with van der Waals surface area (Å²) in [6.07, 6.45) is 4.22. The Morgan fingerprint density at radius 3 is 3.10 bits per heavy atom. The van der Waals surface area contributed by atoms with Gasteiger partial charge in [0.25, 0.3) is 0 Å². The molecule has 110 valence electrons. The minimum atomic E-state index is 0.0488. The van der Waals surface area contributed by atoms with Crippen LogP contribution in [0.2, 0.25) is 0 Å². The van der Waals surface area contributed by atoms with Crippen LogP contribution in [0.25, 0.3) is 0 Å². The van der Waals surface area contributed by atoms with Gasteiger partial charge in [-0.2, -0.15) is 0 Å². The number of nitrogens with zero attached hydrogens (tertiary/aromatic N) is 2. The van der Waals surface area contributed by atoms with Gasteiger partial charge in [-0.1, -0.05) is 6.07 Å². The number of hydrogen-bond acceptors (Lipinski definition) is 4. The molecule has 0 saturated carbocycles. The van der Waals surface area contributed by atoms with Crippen LogP contribution in [0.1, 0.15) is 37.4 Å². The third-order valence-corrected chi connectivity index (χ3v) is 4.75. The molecule has 4 nitrogen and oxygen atoms in total. The first-order chi connectivity index (χ1) is 9.66. The first-order valence-electron chi connectivity index (χ1n) is 7.72. The molecule has 1 aromatic rings. The first-order valence-corrected chi connectivity index (χ1v) is 7.72. The van der Waals surface area contributed by atoms with Crippen molar-refractivity contribution in [2.45, 2.75) is 50.8 Å². The van der Waals surface area contributed by atoms with Crippen molar-refractivity contribution in [3.63, 3.8) is 0 Å². The minimum Gasteiger partial charge on any atom is -0.374 e. The molecule has 3 unspecified atom stereocenters. The Morgan fingerprint density at radius 1 is 1.45 bits per heavy atom. The van der Waals surface area contributed by atoms with Gasteiger partial charge < -0.3 is 10.5 Å². The zero-order valence-corrected chi connectivity index (χ0v) is 12.5. The Balaban J connectivity index is 1.72. The van der Waals surface area contributed by atoms with Gasteiger partial charge in [-0.25, -0.2) is 0 Å². The highest BCUT2D eigenvalue weighted by molar-refractivity contribution is 5.30. The van der Waals surface area contributed by atoms with Crippen molar-refractivity contribution in [1.29, 1.82) is 0 Å². The van der Waals surface area contributed by atoms with E-state index in [4.69, 9.17) is 10.5 Å². The SMILES string of the molecule is CC(C)N1CCOC(C(N)C2CCc3cccnc32)C1. The quantitative estimate of drug-likeness (QED) is 0.909. The highest BCUT2D eigenvalue weighted by Crippen LogP contribution is 2.35. The average Bonchev–Trinajstić information content (AvgIpc) is 2.90. The maximum Gasteiger partial charge on any atom is 0.0859 e. The molecule has 2 heterocycles. The van der Waals surface area contributed by atoms with Gasteiger partial charge >= 0.3 is 0 Å². The summed E-state index contributed by atoms with van der Waals surface area (Å²) in [6, 6.07) is 4.80. The molecule has 20 heavy (non-hydrogen) atoms. The molecule has 1 fully saturated rings. The molecule has 2 aliphatic rings. The van der Waals surface area contributed by atoms with E-state index in [1.54, 1.807) is 0 Å². The maximum absolute atomic E-state index is 6.54. The van der Waals surface area contributed by atoms with Crippen LogP contribution in [-0.4, -0.2) is 47.8 Å². The van der Waals surface area contributed by atoms with Crippen LogP contribution in [-0.2, 0) is 11.2 Å². The number of ether oxygens (including phenoxy) is 1. The van der Waals surface area contributed by atoms with Crippen molar-refractivity contribution in [2.24, 2.45) is 5.73 Å². The largest absolute Gasteiger partial charge is 0.374 e. The van der Waals surface area contributed by atoms with Crippen molar-refractivity contribution in [1.82, 2.24) is 9.88 Å². The fourth-order valence-corrected chi connectivity index (χ4v) is 3.48. The summed E-state index contributed by atoms with van der Waals surface area (Å²) in [5.41, 5.74) is 9.10. The lowest BCUT2D eigenvalue weighted by atomic mass is 9.92. The Morgan fingerprint density at radius 2 is 2.30 bits per heavy atom. The lowest BCUT2D eigenvalue weighted by molar-refractivity contribution is -0.0534. The molecule has 0 spiro atoms. The van der Waals surface area contributed by atoms with Crippen LogP contribution < -0.4 is 5.73 Å². The molecule has 3 atom stereocenters. The van der Waals surface area contributed by atoms with E-state index in [9.17, 15) is 0 Å². The predicted molar refractivity (Wildman–Crippen MR) is 79.7 cm³/mol. The number of hydrogen-bond donors (Lipinski definition) is 1. The van der Waals surface area contributed by atoms with Crippen LogP contribution in [0.3, 0.4) is 0 Å². The summed E-state index contributed by atoms with van der Waals surface area (Å²) in [6.45, 7) is 7.22. The van der Waals surface area contributed by atoms with E-state index >= 15 is 0 Å². The fourth-order valence-electron chi connectivity index (χ4n) is 3.48. The highest BCUT2D eigenvalue weighted by Gasteiger charge is 2.36. The van der Waals surface area contributed by atoms with Crippen molar-refractivity contribution < 1.29 is 4.74 Å². The van der Waals surface area contributed by atoms with Crippen LogP contribution in [0, 0.1) is 0 Å². The number of fused-ring (bicyclic) bond motifs is 1. The van der Waals surface area contributed by atoms with Gasteiger partial charge in [0.1, 0.15) is 0 Å². The van der Waals surface area contributed by atoms with E-state index in [1.807, 2.05) is 12.3 Å². The average molecular weight is 275 g/mol. The molecule has 0 aromatic carbocycles. The molecule has 1 aliphatic heterocycles. The predicted octanol–water partition coefficient (Wildman–Crippen LogP) is 1.55. The van der Waals surface area contributed by atoms with Gasteiger partial charge in [0, 0.05) is 43.0 Å². The van der Waals surface area contributed by atoms with E-state index in [0.717, 1.165) is 32.5 Å². The number of pyridine rings is 1. The van der Waals surface area contributed by atoms with Gasteiger partial charge in [0.15, 0.2) is 0 Å². The molecule has 4 heteroatoms. The number of nitrogens with two attached hydrogens (primary N) is 1. The van der Waals surface area contributed by atoms with E-state index in [0.29, 0.717) is 12.0 Å². The second-order valence-corrected chi connectivity index (χ2v) is 6.27. The summed E-state index contributed by atoms with van der Waals surface area (Å²) in [5, 5.41) is 0. The van der Waals surface area contributed by atoms with Gasteiger partial charge in [-0.3, -0.25) is 9.88 Å². The van der Waals surface area contributed by atoms with Crippen molar-refractivity contribution in [3.05, 3.63) is 29.6 Å². The lowest BCUT2D eigenvalue weighted by Gasteiger charge is -2.39. The van der Waals surface area contributed by atoms with Gasteiger partial charge in [-0.15, -0.1) is 0 Å². The summed E-state index contributed by atoms with van der Waals surface area (Å²) < 4.78 is 5.95. The third kappa shape index (κ3) is 2.60. The molecule has 1 aliphatic carbocycles. The number of rotatable bonds is 3. The van der Waals surface area contributed by atoms with Crippen LogP contribution >= 0.6 is 0 Å². The first kappa shape index (κ1) is 14.0. The van der Waals surface area contributed by atoms with Crippen molar-refractivity contribution in [2.75, 3.05) is 19.7 Å². The van der Waals surface area contributed by atoms with Crippen molar-refractivity contribution >= 4 is 0 Å². The molecule has 0 bridgehead atoms. The van der Waals surface area contributed by atoms with E-state index in [-0.39, 0.29) is 12.1 Å². The standard InChI is InChI=1S/C16H25N3O/c1-11(2)19-8-9-20-14(10-19)15(17)13-6-5-12-4-3-7-18-16(12)13/h3-4,7,11,13-15H,5-6,8-10,17H2,1-2H3. The minimum absolute atomic E-state index is 0.0488. The Kier molecular flexibility index (Phi) is 4.06. The Bertz CT molecular complexity index is 463. The monoisotopic (exact) mass is 275 g/mol. The molecule has 0 radical (unpaired) electrons. The summed E-state index contributed by atoms with van der Waals surface area (Å²) >= 11 is 0. The second kappa shape index (κ2) is 5.80. The van der Waals surface area contributed by atoms with Crippen LogP contribution in [0.5, 0.6) is 0 Å². The van der Waals surface area contributed by atoms with E-state index in [1.165, 1.54) is 11.3 Å². The van der Waals surface area contributed by atoms with E-state index < -0.39 is 0 Å². The molecule has 2 N–H and O–H groups in total. The summed E-state index contributed by atoms with van der Waals surface area (Å²) in [7, 11) is 0. The topological polar surface area (TPSA) is 51.4 Å². The zero-order chi connectivity index (χ0) is 14.1. The number of morpholine rings is 1. The highest BCUT2D eigenvalue weighted by atomic mass is 16.5. The van der Waals surface area contributed by atoms with Gasteiger partial charge in [0.05, 0.1) is 12.7 Å².